The van der Waals surface area contributed by atoms with Crippen LogP contribution in [0, 0.1) is 11.8 Å². The zero-order valence-corrected chi connectivity index (χ0v) is 26.0. The average molecular weight is 659 g/mol. The van der Waals surface area contributed by atoms with Gasteiger partial charge in [-0.25, -0.2) is 0 Å². The predicted octanol–water partition coefficient (Wildman–Crippen LogP) is 4.71. The fourth-order valence-corrected chi connectivity index (χ4v) is 8.30. The van der Waals surface area contributed by atoms with Crippen LogP contribution in [0.3, 0.4) is 0 Å². The Bertz CT molecular complexity index is 1600. The van der Waals surface area contributed by atoms with Crippen LogP contribution in [0.5, 0.6) is 0 Å². The Labute approximate surface area is 265 Å². The highest BCUT2D eigenvalue weighted by molar-refractivity contribution is 9.09. The van der Waals surface area contributed by atoms with Crippen molar-refractivity contribution in [2.24, 2.45) is 11.8 Å². The van der Waals surface area contributed by atoms with Gasteiger partial charge in [-0.3, -0.25) is 14.4 Å². The number of rotatable bonds is 11. The molecule has 2 bridgehead atoms. The topological polar surface area (TPSA) is 90.4 Å². The van der Waals surface area contributed by atoms with Crippen LogP contribution in [0.2, 0.25) is 0 Å². The highest BCUT2D eigenvalue weighted by Crippen LogP contribution is 2.60. The molecule has 0 saturated carbocycles. The van der Waals surface area contributed by atoms with Gasteiger partial charge in [0.25, 0.3) is 5.91 Å². The zero-order chi connectivity index (χ0) is 31.0. The largest absolute Gasteiger partial charge is 0.396 e. The van der Waals surface area contributed by atoms with Crippen LogP contribution < -0.4 is 9.80 Å². The van der Waals surface area contributed by atoms with E-state index in [1.807, 2.05) is 72.8 Å². The number of carbonyl (C=O) groups is 3. The molecule has 6 rings (SSSR count). The van der Waals surface area contributed by atoms with Crippen LogP contribution >= 0.6 is 15.9 Å². The van der Waals surface area contributed by atoms with Gasteiger partial charge < -0.3 is 24.5 Å². The summed E-state index contributed by atoms with van der Waals surface area (Å²) >= 11 is 3.76. The maximum Gasteiger partial charge on any atom is 0.253 e. The Morgan fingerprint density at radius 1 is 0.955 bits per heavy atom. The maximum atomic E-state index is 14.8. The third kappa shape index (κ3) is 4.87. The number of ether oxygens (including phenoxy) is 1. The lowest BCUT2D eigenvalue weighted by Gasteiger charge is -2.37. The smallest absolute Gasteiger partial charge is 0.253 e. The van der Waals surface area contributed by atoms with Crippen LogP contribution in [-0.2, 0) is 19.1 Å². The molecule has 3 heterocycles. The van der Waals surface area contributed by atoms with E-state index in [0.29, 0.717) is 24.2 Å². The van der Waals surface area contributed by atoms with Crippen molar-refractivity contribution in [3.05, 3.63) is 98.1 Å². The van der Waals surface area contributed by atoms with Crippen molar-refractivity contribution >= 4 is 55.8 Å². The molecule has 9 heteroatoms. The molecular weight excluding hydrogens is 622 g/mol. The summed E-state index contributed by atoms with van der Waals surface area (Å²) in [6.07, 6.45) is 3.43. The summed E-state index contributed by atoms with van der Waals surface area (Å²) in [5.41, 5.74) is 0.166. The molecule has 228 valence electrons. The van der Waals surface area contributed by atoms with Gasteiger partial charge in [-0.05, 0) is 47.9 Å². The first kappa shape index (κ1) is 30.2. The number of benzene rings is 3. The van der Waals surface area contributed by atoms with Crippen LogP contribution in [0.15, 0.2) is 98.1 Å². The summed E-state index contributed by atoms with van der Waals surface area (Å²) in [5.74, 6) is -2.48. The molecule has 44 heavy (non-hydrogen) atoms. The van der Waals surface area contributed by atoms with Gasteiger partial charge in [0, 0.05) is 42.4 Å². The molecule has 0 aliphatic carbocycles. The van der Waals surface area contributed by atoms with Crippen molar-refractivity contribution in [2.45, 2.75) is 35.4 Å². The van der Waals surface area contributed by atoms with E-state index in [9.17, 15) is 19.5 Å². The van der Waals surface area contributed by atoms with Crippen LogP contribution in [0.1, 0.15) is 12.8 Å². The second-order valence-electron chi connectivity index (χ2n) is 11.6. The molecule has 0 aromatic heterocycles. The molecule has 1 N–H and O–H groups in total. The Kier molecular flexibility index (Phi) is 8.46. The number of hydrogen-bond donors (Lipinski definition) is 1. The molecule has 3 aliphatic rings. The minimum absolute atomic E-state index is 0.141. The quantitative estimate of drug-likeness (QED) is 0.238. The molecule has 0 radical (unpaired) electrons. The van der Waals surface area contributed by atoms with E-state index in [0.717, 1.165) is 10.8 Å². The van der Waals surface area contributed by atoms with Gasteiger partial charge in [0.05, 0.1) is 17.9 Å². The lowest BCUT2D eigenvalue weighted by Crippen LogP contribution is -2.57. The van der Waals surface area contributed by atoms with Crippen LogP contribution in [0.4, 0.5) is 11.4 Å². The van der Waals surface area contributed by atoms with Gasteiger partial charge in [-0.1, -0.05) is 76.6 Å². The standard InChI is InChI=1S/C35H36BrN3O5/c1-3-17-37(25-13-6-5-7-14-25)32(41)28-29-33(42)39(19-10-20-40)31(35(29)22-27(36)30(28)44-35)34(43)38(18-4-2)26-16-15-23-11-8-9-12-24(23)21-26/h3-9,11-16,21,27-31,40H,1-2,10,17-20,22H2/t27?,28-,29-,30-,31?,35?/m0/s1. The van der Waals surface area contributed by atoms with E-state index >= 15 is 0 Å². The SMILES string of the molecule is C=CCN(C(=O)C1N(CCCO)C(=O)[C@@H]2[C@H](C(=O)N(CC=C)c3ccccc3)[C@H]3OC12CC3Br)c1ccc2ccccc2c1. The van der Waals surface area contributed by atoms with Gasteiger partial charge in [0.1, 0.15) is 11.6 Å². The number of aliphatic hydroxyl groups is 1. The average Bonchev–Trinajstić information content (AvgIpc) is 3.64. The van der Waals surface area contributed by atoms with Crippen molar-refractivity contribution in [1.29, 1.82) is 0 Å². The molecule has 3 aromatic rings. The summed E-state index contributed by atoms with van der Waals surface area (Å²) in [6.45, 7) is 8.27. The van der Waals surface area contributed by atoms with E-state index in [1.54, 1.807) is 26.9 Å². The van der Waals surface area contributed by atoms with Crippen LogP contribution in [0.25, 0.3) is 10.8 Å². The lowest BCUT2D eigenvalue weighted by atomic mass is 9.70. The van der Waals surface area contributed by atoms with E-state index in [2.05, 4.69) is 29.1 Å². The Morgan fingerprint density at radius 3 is 2.30 bits per heavy atom. The molecule has 3 saturated heterocycles. The third-order valence-electron chi connectivity index (χ3n) is 9.13. The zero-order valence-electron chi connectivity index (χ0n) is 24.4. The number of likely N-dealkylation sites (tertiary alicyclic amines) is 1. The molecule has 3 amide bonds. The van der Waals surface area contributed by atoms with Gasteiger partial charge in [-0.15, -0.1) is 13.2 Å². The molecule has 3 unspecified atom stereocenters. The molecular formula is C35H36BrN3O5. The highest BCUT2D eigenvalue weighted by atomic mass is 79.9. The monoisotopic (exact) mass is 657 g/mol. The minimum atomic E-state index is -1.21. The van der Waals surface area contributed by atoms with Gasteiger partial charge in [0.15, 0.2) is 0 Å². The molecule has 3 fully saturated rings. The van der Waals surface area contributed by atoms with E-state index in [-0.39, 0.29) is 48.8 Å². The Morgan fingerprint density at radius 2 is 1.61 bits per heavy atom. The number of aliphatic hydroxyl groups excluding tert-OH is 1. The summed E-state index contributed by atoms with van der Waals surface area (Å²) in [7, 11) is 0. The number of anilines is 2. The molecule has 3 aromatic carbocycles. The first-order valence-electron chi connectivity index (χ1n) is 15.0. The van der Waals surface area contributed by atoms with Crippen molar-refractivity contribution in [3.63, 3.8) is 0 Å². The first-order chi connectivity index (χ1) is 21.4. The van der Waals surface area contributed by atoms with Gasteiger partial charge in [-0.2, -0.15) is 0 Å². The number of halogens is 1. The molecule has 6 atom stereocenters. The maximum absolute atomic E-state index is 14.8. The first-order valence-corrected chi connectivity index (χ1v) is 15.9. The lowest BCUT2D eigenvalue weighted by molar-refractivity contribution is -0.140. The second kappa shape index (κ2) is 12.3. The minimum Gasteiger partial charge on any atom is -0.396 e. The van der Waals surface area contributed by atoms with Crippen LogP contribution in [-0.4, -0.2) is 76.5 Å². The van der Waals surface area contributed by atoms with Gasteiger partial charge in [0.2, 0.25) is 11.8 Å². The number of fused-ring (bicyclic) bond motifs is 2. The molecule has 3 aliphatic heterocycles. The normalized spacial score (nSPS) is 26.9. The Balaban J connectivity index is 1.42. The number of hydrogen-bond acceptors (Lipinski definition) is 5. The number of amides is 3. The summed E-state index contributed by atoms with van der Waals surface area (Å²) in [6, 6.07) is 22.1. The molecule has 1 spiro atoms. The van der Waals surface area contributed by atoms with E-state index < -0.39 is 29.6 Å². The second-order valence-corrected chi connectivity index (χ2v) is 12.8. The van der Waals surface area contributed by atoms with Crippen molar-refractivity contribution in [2.75, 3.05) is 36.0 Å². The third-order valence-corrected chi connectivity index (χ3v) is 9.98. The summed E-state index contributed by atoms with van der Waals surface area (Å²) in [5, 5.41) is 11.8. The number of nitrogens with zero attached hydrogens (tertiary/aromatic N) is 3. The Hall–Kier alpha value is -3.79. The summed E-state index contributed by atoms with van der Waals surface area (Å²) < 4.78 is 6.72. The fourth-order valence-electron chi connectivity index (χ4n) is 7.36. The van der Waals surface area contributed by atoms with Crippen molar-refractivity contribution in [3.8, 4) is 0 Å². The predicted molar refractivity (Wildman–Crippen MR) is 175 cm³/mol. The van der Waals surface area contributed by atoms with E-state index in [1.165, 1.54) is 0 Å². The number of carbonyl (C=O) groups excluding carboxylic acids is 3. The number of para-hydroxylation sites is 1. The fraction of sp³-hybridized carbons (Fsp3) is 0.343. The number of alkyl halides is 1. The highest BCUT2D eigenvalue weighted by Gasteiger charge is 2.77. The summed E-state index contributed by atoms with van der Waals surface area (Å²) in [4.78, 5) is 48.1. The van der Waals surface area contributed by atoms with Crippen molar-refractivity contribution < 1.29 is 24.2 Å². The molecule has 8 nitrogen and oxygen atoms in total. The van der Waals surface area contributed by atoms with Crippen molar-refractivity contribution in [1.82, 2.24) is 4.90 Å². The van der Waals surface area contributed by atoms with Gasteiger partial charge >= 0.3 is 0 Å². The van der Waals surface area contributed by atoms with E-state index in [4.69, 9.17) is 4.74 Å².